The van der Waals surface area contributed by atoms with Crippen molar-refractivity contribution < 1.29 is 9.90 Å². The molecule has 184 valence electrons. The van der Waals surface area contributed by atoms with Gasteiger partial charge in [0, 0.05) is 25.0 Å². The van der Waals surface area contributed by atoms with Crippen LogP contribution in [0.1, 0.15) is 56.4 Å². The minimum absolute atomic E-state index is 0.278. The molecule has 2 N–H and O–H groups in total. The average Bonchev–Trinajstić information content (AvgIpc) is 3.63. The van der Waals surface area contributed by atoms with E-state index in [1.54, 1.807) is 23.3 Å². The fourth-order valence-electron chi connectivity index (χ4n) is 4.54. The lowest BCUT2D eigenvalue weighted by Gasteiger charge is -2.15. The molecule has 0 saturated heterocycles. The Labute approximate surface area is 210 Å². The number of pyridine rings is 1. The number of anilines is 2. The van der Waals surface area contributed by atoms with E-state index in [4.69, 9.17) is 4.98 Å². The molecule has 4 aromatic rings. The van der Waals surface area contributed by atoms with E-state index >= 15 is 0 Å². The van der Waals surface area contributed by atoms with Crippen molar-refractivity contribution in [2.24, 2.45) is 7.05 Å². The number of aromatic nitrogens is 5. The number of aliphatic carboxylic acids is 1. The van der Waals surface area contributed by atoms with Gasteiger partial charge in [0.15, 0.2) is 0 Å². The monoisotopic (exact) mass is 482 g/mol. The maximum absolute atomic E-state index is 11.8. The molecular formula is C28H30N6O2. The van der Waals surface area contributed by atoms with E-state index in [-0.39, 0.29) is 5.92 Å². The number of carbonyl (C=O) groups is 1. The van der Waals surface area contributed by atoms with Crippen molar-refractivity contribution in [3.8, 4) is 22.4 Å². The Bertz CT molecular complexity index is 1420. The van der Waals surface area contributed by atoms with Gasteiger partial charge in [-0.05, 0) is 47.9 Å². The predicted molar refractivity (Wildman–Crippen MR) is 139 cm³/mol. The summed E-state index contributed by atoms with van der Waals surface area (Å²) in [5.41, 5.74) is 5.97. The highest BCUT2D eigenvalue weighted by molar-refractivity contribution is 5.85. The first-order chi connectivity index (χ1) is 17.3. The van der Waals surface area contributed by atoms with Crippen molar-refractivity contribution in [2.75, 3.05) is 5.32 Å². The van der Waals surface area contributed by atoms with E-state index < -0.39 is 11.4 Å². The van der Waals surface area contributed by atoms with Crippen molar-refractivity contribution >= 4 is 17.6 Å². The highest BCUT2D eigenvalue weighted by atomic mass is 16.4. The maximum Gasteiger partial charge on any atom is 0.314 e. The minimum Gasteiger partial charge on any atom is -0.481 e. The third-order valence-electron chi connectivity index (χ3n) is 6.98. The summed E-state index contributed by atoms with van der Waals surface area (Å²) in [6.45, 7) is 6.26. The molecular weight excluding hydrogens is 452 g/mol. The molecule has 36 heavy (non-hydrogen) atoms. The zero-order valence-corrected chi connectivity index (χ0v) is 21.0. The van der Waals surface area contributed by atoms with Crippen LogP contribution < -0.4 is 5.32 Å². The van der Waals surface area contributed by atoms with Gasteiger partial charge in [-0.3, -0.25) is 19.4 Å². The van der Waals surface area contributed by atoms with Crippen LogP contribution in [0.25, 0.3) is 22.4 Å². The largest absolute Gasteiger partial charge is 0.481 e. The van der Waals surface area contributed by atoms with Gasteiger partial charge < -0.3 is 10.4 Å². The number of carboxylic acid groups (broad SMARTS) is 1. The molecule has 5 rings (SSSR count). The summed E-state index contributed by atoms with van der Waals surface area (Å²) in [6, 6.07) is 10.1. The Hall–Kier alpha value is -4.07. The number of rotatable bonds is 8. The number of aryl methyl sites for hydroxylation is 2. The van der Waals surface area contributed by atoms with E-state index in [0.717, 1.165) is 51.4 Å². The van der Waals surface area contributed by atoms with Crippen LogP contribution >= 0.6 is 0 Å². The fourth-order valence-corrected chi connectivity index (χ4v) is 4.54. The quantitative estimate of drug-likeness (QED) is 0.342. The topological polar surface area (TPSA) is 106 Å². The normalized spacial score (nSPS) is 14.1. The van der Waals surface area contributed by atoms with E-state index in [0.29, 0.717) is 18.7 Å². The van der Waals surface area contributed by atoms with E-state index in [1.165, 1.54) is 0 Å². The Morgan fingerprint density at radius 1 is 1.11 bits per heavy atom. The molecule has 8 nitrogen and oxygen atoms in total. The summed E-state index contributed by atoms with van der Waals surface area (Å²) < 4.78 is 1.76. The van der Waals surface area contributed by atoms with Crippen LogP contribution in [0.2, 0.25) is 0 Å². The highest BCUT2D eigenvalue weighted by Crippen LogP contribution is 2.49. The molecule has 0 unspecified atom stereocenters. The number of hydrogen-bond donors (Lipinski definition) is 2. The molecule has 0 bridgehead atoms. The van der Waals surface area contributed by atoms with Crippen molar-refractivity contribution in [1.82, 2.24) is 24.7 Å². The van der Waals surface area contributed by atoms with Crippen LogP contribution in [0.3, 0.4) is 0 Å². The van der Waals surface area contributed by atoms with Crippen LogP contribution in [-0.4, -0.2) is 35.8 Å². The molecule has 3 aromatic heterocycles. The standard InChI is InChI=1S/C28H30N6O2/c1-5-18-12-20(28(10-11-28)27(35)36)7-8-21(18)19-6-9-23(30-13-19)22-14-31-34(4)26(22)33-25-16-29-15-24(32-25)17(2)3/h6-9,12-17H,5,10-11H2,1-4H3,(H,32,33)(H,35,36). The van der Waals surface area contributed by atoms with Crippen LogP contribution in [0.4, 0.5) is 11.6 Å². The average molecular weight is 483 g/mol. The molecule has 1 aromatic carbocycles. The van der Waals surface area contributed by atoms with Crippen LogP contribution in [-0.2, 0) is 23.7 Å². The second kappa shape index (κ2) is 9.18. The molecule has 0 aliphatic heterocycles. The van der Waals surface area contributed by atoms with Crippen LogP contribution in [0.15, 0.2) is 55.1 Å². The summed E-state index contributed by atoms with van der Waals surface area (Å²) >= 11 is 0. The second-order valence-corrected chi connectivity index (χ2v) is 9.68. The van der Waals surface area contributed by atoms with Gasteiger partial charge in [0.2, 0.25) is 0 Å². The minimum atomic E-state index is -0.730. The lowest BCUT2D eigenvalue weighted by molar-refractivity contribution is -0.140. The van der Waals surface area contributed by atoms with Gasteiger partial charge in [-0.25, -0.2) is 4.98 Å². The Balaban J connectivity index is 1.43. The van der Waals surface area contributed by atoms with Crippen LogP contribution in [0, 0.1) is 0 Å². The highest BCUT2D eigenvalue weighted by Gasteiger charge is 2.51. The van der Waals surface area contributed by atoms with Crippen molar-refractivity contribution in [3.05, 3.63) is 71.9 Å². The Morgan fingerprint density at radius 3 is 2.56 bits per heavy atom. The third-order valence-corrected chi connectivity index (χ3v) is 6.98. The van der Waals surface area contributed by atoms with E-state index in [2.05, 4.69) is 53.3 Å². The number of nitrogens with one attached hydrogen (secondary N) is 1. The van der Waals surface area contributed by atoms with Crippen molar-refractivity contribution in [3.63, 3.8) is 0 Å². The second-order valence-electron chi connectivity index (χ2n) is 9.68. The Morgan fingerprint density at radius 2 is 1.92 bits per heavy atom. The number of nitrogens with zero attached hydrogens (tertiary/aromatic N) is 5. The SMILES string of the molecule is CCc1cc(C2(C(=O)O)CC2)ccc1-c1ccc(-c2cnn(C)c2Nc2cncc(C(C)C)n2)nc1. The van der Waals surface area contributed by atoms with Gasteiger partial charge in [0.05, 0.1) is 34.8 Å². The predicted octanol–water partition coefficient (Wildman–Crippen LogP) is 5.48. The maximum atomic E-state index is 11.8. The molecule has 0 amide bonds. The van der Waals surface area contributed by atoms with Crippen molar-refractivity contribution in [2.45, 2.75) is 51.4 Å². The van der Waals surface area contributed by atoms with E-state index in [1.807, 2.05) is 31.4 Å². The van der Waals surface area contributed by atoms with Gasteiger partial charge in [0.25, 0.3) is 0 Å². The molecule has 1 aliphatic rings. The zero-order chi connectivity index (χ0) is 25.4. The molecule has 1 aliphatic carbocycles. The van der Waals surface area contributed by atoms with Crippen molar-refractivity contribution in [1.29, 1.82) is 0 Å². The zero-order valence-electron chi connectivity index (χ0n) is 21.0. The molecule has 0 radical (unpaired) electrons. The number of benzene rings is 1. The molecule has 8 heteroatoms. The Kier molecular flexibility index (Phi) is 6.04. The molecule has 3 heterocycles. The lowest BCUT2D eigenvalue weighted by Crippen LogP contribution is -2.19. The summed E-state index contributed by atoms with van der Waals surface area (Å²) in [5.74, 6) is 0.990. The summed E-state index contributed by atoms with van der Waals surface area (Å²) in [6.07, 6.45) is 9.36. The first kappa shape index (κ1) is 23.7. The molecule has 1 saturated carbocycles. The van der Waals surface area contributed by atoms with Gasteiger partial charge in [0.1, 0.15) is 11.6 Å². The number of hydrogen-bond acceptors (Lipinski definition) is 6. The summed E-state index contributed by atoms with van der Waals surface area (Å²) in [4.78, 5) is 25.5. The summed E-state index contributed by atoms with van der Waals surface area (Å²) in [7, 11) is 1.87. The molecule has 0 atom stereocenters. The first-order valence-corrected chi connectivity index (χ1v) is 12.3. The van der Waals surface area contributed by atoms with Gasteiger partial charge in [-0.2, -0.15) is 5.10 Å². The van der Waals surface area contributed by atoms with E-state index in [9.17, 15) is 9.90 Å². The smallest absolute Gasteiger partial charge is 0.314 e. The number of carboxylic acids is 1. The third kappa shape index (κ3) is 4.23. The van der Waals surface area contributed by atoms with Gasteiger partial charge in [-0.15, -0.1) is 0 Å². The molecule has 1 fully saturated rings. The van der Waals surface area contributed by atoms with Gasteiger partial charge >= 0.3 is 5.97 Å². The lowest BCUT2D eigenvalue weighted by atomic mass is 9.90. The first-order valence-electron chi connectivity index (χ1n) is 12.3. The van der Waals surface area contributed by atoms with Crippen LogP contribution in [0.5, 0.6) is 0 Å². The summed E-state index contributed by atoms with van der Waals surface area (Å²) in [5, 5.41) is 17.5. The van der Waals surface area contributed by atoms with Gasteiger partial charge in [-0.1, -0.05) is 45.0 Å². The fraction of sp³-hybridized carbons (Fsp3) is 0.321. The molecule has 0 spiro atoms.